The quantitative estimate of drug-likeness (QED) is 0.331. The average Bonchev–Trinajstić information content (AvgIpc) is 2.70. The Morgan fingerprint density at radius 2 is 2.40 bits per heavy atom. The standard InChI is InChI=1S/C10H12N4O/c1-2-9-12-6-7-4-3-5-8(14(7)9)10(11)13-15/h3-6,15H,2H2,1H3,(H2,11,13). The van der Waals surface area contributed by atoms with Crippen molar-refractivity contribution in [3.05, 3.63) is 35.9 Å². The molecule has 0 radical (unpaired) electrons. The second-order valence-electron chi connectivity index (χ2n) is 3.18. The van der Waals surface area contributed by atoms with E-state index in [0.29, 0.717) is 5.69 Å². The van der Waals surface area contributed by atoms with E-state index in [1.165, 1.54) is 0 Å². The molecule has 0 saturated heterocycles. The van der Waals surface area contributed by atoms with Crippen LogP contribution in [0.4, 0.5) is 0 Å². The van der Waals surface area contributed by atoms with Crippen molar-refractivity contribution in [3.8, 4) is 0 Å². The van der Waals surface area contributed by atoms with Crippen molar-refractivity contribution in [1.82, 2.24) is 9.38 Å². The first-order valence-corrected chi connectivity index (χ1v) is 4.71. The predicted octanol–water partition coefficient (Wildman–Crippen LogP) is 0.991. The number of amidine groups is 1. The van der Waals surface area contributed by atoms with Gasteiger partial charge in [-0.2, -0.15) is 0 Å². The SMILES string of the molecule is CCc1ncc2cccc(/C(N)=N\O)n12. The average molecular weight is 204 g/mol. The lowest BCUT2D eigenvalue weighted by Crippen LogP contribution is -2.18. The fourth-order valence-corrected chi connectivity index (χ4v) is 1.61. The summed E-state index contributed by atoms with van der Waals surface area (Å²) >= 11 is 0. The summed E-state index contributed by atoms with van der Waals surface area (Å²) in [4.78, 5) is 4.26. The number of aromatic nitrogens is 2. The largest absolute Gasteiger partial charge is 0.409 e. The fraction of sp³-hybridized carbons (Fsp3) is 0.200. The van der Waals surface area contributed by atoms with E-state index in [2.05, 4.69) is 10.1 Å². The van der Waals surface area contributed by atoms with E-state index in [-0.39, 0.29) is 5.84 Å². The first kappa shape index (κ1) is 9.51. The lowest BCUT2D eigenvalue weighted by Gasteiger charge is -2.05. The highest BCUT2D eigenvalue weighted by atomic mass is 16.4. The Hall–Kier alpha value is -2.04. The molecule has 2 aromatic rings. The molecular weight excluding hydrogens is 192 g/mol. The number of aryl methyl sites for hydroxylation is 1. The zero-order valence-corrected chi connectivity index (χ0v) is 8.38. The predicted molar refractivity (Wildman–Crippen MR) is 57.1 cm³/mol. The topological polar surface area (TPSA) is 75.9 Å². The van der Waals surface area contributed by atoms with Gasteiger partial charge in [0.25, 0.3) is 0 Å². The number of pyridine rings is 1. The molecule has 0 aromatic carbocycles. The van der Waals surface area contributed by atoms with Crippen molar-refractivity contribution < 1.29 is 5.21 Å². The Morgan fingerprint density at radius 1 is 1.60 bits per heavy atom. The van der Waals surface area contributed by atoms with Crippen molar-refractivity contribution >= 4 is 11.4 Å². The lowest BCUT2D eigenvalue weighted by atomic mass is 10.3. The van der Waals surface area contributed by atoms with Crippen molar-refractivity contribution in [2.75, 3.05) is 0 Å². The number of fused-ring (bicyclic) bond motifs is 1. The molecule has 3 N–H and O–H groups in total. The number of hydrogen-bond acceptors (Lipinski definition) is 3. The van der Waals surface area contributed by atoms with Crippen molar-refractivity contribution in [2.24, 2.45) is 10.9 Å². The van der Waals surface area contributed by atoms with E-state index in [0.717, 1.165) is 17.8 Å². The van der Waals surface area contributed by atoms with Gasteiger partial charge in [-0.3, -0.25) is 4.40 Å². The van der Waals surface area contributed by atoms with Crippen molar-refractivity contribution in [3.63, 3.8) is 0 Å². The highest BCUT2D eigenvalue weighted by Crippen LogP contribution is 2.11. The summed E-state index contributed by atoms with van der Waals surface area (Å²) in [5, 5.41) is 11.7. The van der Waals surface area contributed by atoms with Crippen LogP contribution in [0.5, 0.6) is 0 Å². The summed E-state index contributed by atoms with van der Waals surface area (Å²) in [7, 11) is 0. The third kappa shape index (κ3) is 1.41. The maximum atomic E-state index is 8.68. The number of imidazole rings is 1. The second-order valence-corrected chi connectivity index (χ2v) is 3.18. The van der Waals surface area contributed by atoms with Gasteiger partial charge < -0.3 is 10.9 Å². The first-order valence-electron chi connectivity index (χ1n) is 4.71. The Balaban J connectivity index is 2.78. The van der Waals surface area contributed by atoms with Gasteiger partial charge in [-0.15, -0.1) is 0 Å². The summed E-state index contributed by atoms with van der Waals surface area (Å²) in [6, 6.07) is 5.58. The molecule has 15 heavy (non-hydrogen) atoms. The Morgan fingerprint density at radius 3 is 3.07 bits per heavy atom. The van der Waals surface area contributed by atoms with Crippen LogP contribution >= 0.6 is 0 Å². The molecule has 0 amide bonds. The second kappa shape index (κ2) is 3.61. The zero-order valence-electron chi connectivity index (χ0n) is 8.38. The molecule has 2 heterocycles. The van der Waals surface area contributed by atoms with Crippen LogP contribution in [-0.2, 0) is 6.42 Å². The van der Waals surface area contributed by atoms with Crippen molar-refractivity contribution in [2.45, 2.75) is 13.3 Å². The summed E-state index contributed by atoms with van der Waals surface area (Å²) in [6.07, 6.45) is 2.57. The number of nitrogens with two attached hydrogens (primary N) is 1. The molecule has 2 rings (SSSR count). The number of nitrogens with zero attached hydrogens (tertiary/aromatic N) is 3. The van der Waals surface area contributed by atoms with E-state index < -0.39 is 0 Å². The van der Waals surface area contributed by atoms with Crippen LogP contribution < -0.4 is 5.73 Å². The monoisotopic (exact) mass is 204 g/mol. The molecule has 0 bridgehead atoms. The van der Waals surface area contributed by atoms with E-state index in [1.54, 1.807) is 12.3 Å². The molecule has 2 aromatic heterocycles. The number of hydrogen-bond donors (Lipinski definition) is 2. The van der Waals surface area contributed by atoms with Crippen LogP contribution in [0.1, 0.15) is 18.4 Å². The molecule has 0 aliphatic carbocycles. The van der Waals surface area contributed by atoms with Crippen LogP contribution in [0.2, 0.25) is 0 Å². The van der Waals surface area contributed by atoms with E-state index in [9.17, 15) is 0 Å². The molecule has 78 valence electrons. The summed E-state index contributed by atoms with van der Waals surface area (Å²) in [5.41, 5.74) is 7.19. The molecule has 0 fully saturated rings. The highest BCUT2D eigenvalue weighted by Gasteiger charge is 2.08. The zero-order chi connectivity index (χ0) is 10.8. The third-order valence-corrected chi connectivity index (χ3v) is 2.31. The molecule has 0 saturated carbocycles. The van der Waals surface area contributed by atoms with Crippen LogP contribution in [0, 0.1) is 0 Å². The van der Waals surface area contributed by atoms with Gasteiger partial charge in [0.1, 0.15) is 5.82 Å². The molecule has 5 nitrogen and oxygen atoms in total. The van der Waals surface area contributed by atoms with Gasteiger partial charge in [-0.05, 0) is 12.1 Å². The van der Waals surface area contributed by atoms with Gasteiger partial charge >= 0.3 is 0 Å². The van der Waals surface area contributed by atoms with Crippen LogP contribution in [0.15, 0.2) is 29.6 Å². The van der Waals surface area contributed by atoms with E-state index >= 15 is 0 Å². The molecule has 0 aliphatic rings. The van der Waals surface area contributed by atoms with Crippen LogP contribution in [-0.4, -0.2) is 20.4 Å². The van der Waals surface area contributed by atoms with Gasteiger partial charge in [0.2, 0.25) is 0 Å². The van der Waals surface area contributed by atoms with Crippen LogP contribution in [0.3, 0.4) is 0 Å². The summed E-state index contributed by atoms with van der Waals surface area (Å²) in [5.74, 6) is 0.987. The Bertz CT molecular complexity index is 515. The van der Waals surface area contributed by atoms with Gasteiger partial charge in [0.05, 0.1) is 17.4 Å². The maximum Gasteiger partial charge on any atom is 0.187 e. The minimum atomic E-state index is 0.0910. The smallest absolute Gasteiger partial charge is 0.187 e. The summed E-state index contributed by atoms with van der Waals surface area (Å²) in [6.45, 7) is 2.01. The van der Waals surface area contributed by atoms with E-state index in [4.69, 9.17) is 10.9 Å². The van der Waals surface area contributed by atoms with Gasteiger partial charge in [0.15, 0.2) is 5.84 Å². The lowest BCUT2D eigenvalue weighted by molar-refractivity contribution is 0.318. The van der Waals surface area contributed by atoms with Crippen molar-refractivity contribution in [1.29, 1.82) is 0 Å². The fourth-order valence-electron chi connectivity index (χ4n) is 1.61. The summed E-state index contributed by atoms with van der Waals surface area (Å²) < 4.78 is 1.88. The van der Waals surface area contributed by atoms with Gasteiger partial charge in [-0.25, -0.2) is 4.98 Å². The molecule has 0 atom stereocenters. The molecule has 0 unspecified atom stereocenters. The minimum absolute atomic E-state index is 0.0910. The normalized spacial score (nSPS) is 12.2. The molecule has 5 heteroatoms. The minimum Gasteiger partial charge on any atom is -0.409 e. The van der Waals surface area contributed by atoms with Gasteiger partial charge in [0, 0.05) is 6.42 Å². The Kier molecular flexibility index (Phi) is 2.29. The maximum absolute atomic E-state index is 8.68. The van der Waals surface area contributed by atoms with Crippen LogP contribution in [0.25, 0.3) is 5.52 Å². The molecule has 0 aliphatic heterocycles. The first-order chi connectivity index (χ1) is 7.27. The molecule has 0 spiro atoms. The van der Waals surface area contributed by atoms with Gasteiger partial charge in [-0.1, -0.05) is 18.1 Å². The highest BCUT2D eigenvalue weighted by molar-refractivity contribution is 5.96. The third-order valence-electron chi connectivity index (χ3n) is 2.31. The van der Waals surface area contributed by atoms with E-state index in [1.807, 2.05) is 23.5 Å². The molecular formula is C10H12N4O. The Labute approximate surface area is 86.8 Å². The number of oxime groups is 1. The number of rotatable bonds is 2.